The topological polar surface area (TPSA) is 35.0 Å². The Kier molecular flexibility index (Phi) is 4.15. The number of hydrogen-bond acceptors (Lipinski definition) is 4. The molecule has 0 fully saturated rings. The molecule has 2 heterocycles. The number of aromatic nitrogens is 2. The summed E-state index contributed by atoms with van der Waals surface area (Å²) in [4.78, 5) is 11.0. The Balaban J connectivity index is 1.88. The van der Waals surface area contributed by atoms with Crippen LogP contribution in [0.3, 0.4) is 0 Å². The lowest BCUT2D eigenvalue weighted by Gasteiger charge is -2.06. The van der Waals surface area contributed by atoms with Crippen molar-refractivity contribution in [3.05, 3.63) is 50.2 Å². The van der Waals surface area contributed by atoms with Crippen LogP contribution < -0.4 is 4.74 Å². The van der Waals surface area contributed by atoms with Gasteiger partial charge in [-0.1, -0.05) is 33.6 Å². The zero-order chi connectivity index (χ0) is 15.0. The Morgan fingerprint density at radius 1 is 1.29 bits per heavy atom. The van der Waals surface area contributed by atoms with E-state index in [0.717, 1.165) is 26.0 Å². The Bertz CT molecular complexity index is 819. The molecular formula is C15H12BrClN2OS. The molecule has 0 saturated carbocycles. The van der Waals surface area contributed by atoms with Gasteiger partial charge in [-0.25, -0.2) is 9.97 Å². The number of hydrogen-bond donors (Lipinski definition) is 0. The van der Waals surface area contributed by atoms with E-state index in [0.29, 0.717) is 17.6 Å². The third-order valence-electron chi connectivity index (χ3n) is 3.19. The molecule has 1 aromatic carbocycles. The largest absolute Gasteiger partial charge is 0.486 e. The molecule has 0 unspecified atom stereocenters. The summed E-state index contributed by atoms with van der Waals surface area (Å²) >= 11 is 11.3. The van der Waals surface area contributed by atoms with Gasteiger partial charge in [-0.2, -0.15) is 0 Å². The maximum absolute atomic E-state index is 6.28. The molecule has 0 atom stereocenters. The smallest absolute Gasteiger partial charge is 0.169 e. The second-order valence-corrected chi connectivity index (χ2v) is 7.12. The molecule has 0 bridgehead atoms. The second kappa shape index (κ2) is 5.91. The van der Waals surface area contributed by atoms with Crippen LogP contribution in [0.4, 0.5) is 0 Å². The SMILES string of the molecule is Cc1sc2nc(COc3cccc(Br)c3)nc(Cl)c2c1C. The van der Waals surface area contributed by atoms with Crippen molar-refractivity contribution in [2.24, 2.45) is 0 Å². The standard InChI is InChI=1S/C15H12BrClN2OS/c1-8-9(2)21-15-13(8)14(17)18-12(19-15)7-20-11-5-3-4-10(16)6-11/h3-6H,7H2,1-2H3. The van der Waals surface area contributed by atoms with Crippen molar-refractivity contribution in [1.82, 2.24) is 9.97 Å². The van der Waals surface area contributed by atoms with Gasteiger partial charge in [-0.05, 0) is 37.6 Å². The molecule has 0 radical (unpaired) electrons. The van der Waals surface area contributed by atoms with Gasteiger partial charge in [-0.3, -0.25) is 0 Å². The van der Waals surface area contributed by atoms with E-state index < -0.39 is 0 Å². The van der Waals surface area contributed by atoms with Crippen molar-refractivity contribution in [2.75, 3.05) is 0 Å². The number of fused-ring (bicyclic) bond motifs is 1. The molecule has 3 nitrogen and oxygen atoms in total. The molecule has 108 valence electrons. The van der Waals surface area contributed by atoms with Crippen LogP contribution in [0, 0.1) is 13.8 Å². The molecule has 0 amide bonds. The van der Waals surface area contributed by atoms with E-state index in [1.807, 2.05) is 31.2 Å². The van der Waals surface area contributed by atoms with Crippen LogP contribution in [0.2, 0.25) is 5.15 Å². The third-order valence-corrected chi connectivity index (χ3v) is 5.06. The predicted octanol–water partition coefficient (Wildman–Crippen LogP) is 5.30. The van der Waals surface area contributed by atoms with Gasteiger partial charge in [0.15, 0.2) is 5.82 Å². The summed E-state index contributed by atoms with van der Waals surface area (Å²) in [6.07, 6.45) is 0. The lowest BCUT2D eigenvalue weighted by molar-refractivity contribution is 0.296. The van der Waals surface area contributed by atoms with Gasteiger partial charge in [0.1, 0.15) is 22.3 Å². The number of nitrogens with zero attached hydrogens (tertiary/aromatic N) is 2. The van der Waals surface area contributed by atoms with Crippen molar-refractivity contribution in [3.63, 3.8) is 0 Å². The van der Waals surface area contributed by atoms with Crippen LogP contribution in [0.25, 0.3) is 10.2 Å². The molecule has 0 N–H and O–H groups in total. The summed E-state index contributed by atoms with van der Waals surface area (Å²) in [5, 5.41) is 1.44. The second-order valence-electron chi connectivity index (χ2n) is 4.64. The number of aryl methyl sites for hydroxylation is 2. The van der Waals surface area contributed by atoms with Crippen LogP contribution in [-0.4, -0.2) is 9.97 Å². The summed E-state index contributed by atoms with van der Waals surface area (Å²) < 4.78 is 6.68. The molecule has 0 saturated heterocycles. The van der Waals surface area contributed by atoms with E-state index in [4.69, 9.17) is 16.3 Å². The van der Waals surface area contributed by atoms with Gasteiger partial charge in [0.2, 0.25) is 0 Å². The average Bonchev–Trinajstić information content (AvgIpc) is 2.72. The minimum atomic E-state index is 0.294. The van der Waals surface area contributed by atoms with E-state index in [9.17, 15) is 0 Å². The van der Waals surface area contributed by atoms with Crippen molar-refractivity contribution in [1.29, 1.82) is 0 Å². The molecule has 0 aliphatic carbocycles. The Morgan fingerprint density at radius 2 is 2.10 bits per heavy atom. The fourth-order valence-corrected chi connectivity index (χ4v) is 3.82. The van der Waals surface area contributed by atoms with Crippen LogP contribution in [0.1, 0.15) is 16.3 Å². The van der Waals surface area contributed by atoms with Crippen molar-refractivity contribution in [3.8, 4) is 5.75 Å². The van der Waals surface area contributed by atoms with Gasteiger partial charge in [0, 0.05) is 9.35 Å². The fourth-order valence-electron chi connectivity index (χ4n) is 2.01. The van der Waals surface area contributed by atoms with E-state index in [-0.39, 0.29) is 0 Å². The van der Waals surface area contributed by atoms with Gasteiger partial charge in [0.25, 0.3) is 0 Å². The van der Waals surface area contributed by atoms with E-state index in [1.165, 1.54) is 4.88 Å². The van der Waals surface area contributed by atoms with Crippen LogP contribution >= 0.6 is 38.9 Å². The summed E-state index contributed by atoms with van der Waals surface area (Å²) in [6.45, 7) is 4.40. The maximum Gasteiger partial charge on any atom is 0.169 e. The predicted molar refractivity (Wildman–Crippen MR) is 90.4 cm³/mol. The first kappa shape index (κ1) is 14.8. The summed E-state index contributed by atoms with van der Waals surface area (Å²) in [5.74, 6) is 1.36. The maximum atomic E-state index is 6.28. The molecule has 0 aliphatic rings. The number of benzene rings is 1. The number of thiophene rings is 1. The Labute approximate surface area is 140 Å². The van der Waals surface area contributed by atoms with Gasteiger partial charge < -0.3 is 4.74 Å². The molecule has 21 heavy (non-hydrogen) atoms. The first-order chi connectivity index (χ1) is 10.0. The molecular weight excluding hydrogens is 372 g/mol. The van der Waals surface area contributed by atoms with Crippen LogP contribution in [0.5, 0.6) is 5.75 Å². The summed E-state index contributed by atoms with van der Waals surface area (Å²) in [7, 11) is 0. The summed E-state index contributed by atoms with van der Waals surface area (Å²) in [6, 6.07) is 7.66. The molecule has 0 spiro atoms. The minimum absolute atomic E-state index is 0.294. The lowest BCUT2D eigenvalue weighted by atomic mass is 10.2. The first-order valence-electron chi connectivity index (χ1n) is 6.35. The van der Waals surface area contributed by atoms with Gasteiger partial charge in [-0.15, -0.1) is 11.3 Å². The highest BCUT2D eigenvalue weighted by Crippen LogP contribution is 2.33. The quantitative estimate of drug-likeness (QED) is 0.575. The average molecular weight is 384 g/mol. The molecule has 0 aliphatic heterocycles. The van der Waals surface area contributed by atoms with Gasteiger partial charge >= 0.3 is 0 Å². The molecule has 2 aromatic heterocycles. The number of ether oxygens (including phenoxy) is 1. The summed E-state index contributed by atoms with van der Waals surface area (Å²) in [5.41, 5.74) is 1.15. The van der Waals surface area contributed by atoms with Crippen LogP contribution in [-0.2, 0) is 6.61 Å². The normalized spacial score (nSPS) is 11.0. The van der Waals surface area contributed by atoms with E-state index in [2.05, 4.69) is 32.8 Å². The zero-order valence-electron chi connectivity index (χ0n) is 11.5. The minimum Gasteiger partial charge on any atom is -0.486 e. The van der Waals surface area contributed by atoms with Crippen LogP contribution in [0.15, 0.2) is 28.7 Å². The number of halogens is 2. The Morgan fingerprint density at radius 3 is 2.86 bits per heavy atom. The van der Waals surface area contributed by atoms with Crippen molar-refractivity contribution in [2.45, 2.75) is 20.5 Å². The lowest BCUT2D eigenvalue weighted by Crippen LogP contribution is -2.01. The highest BCUT2D eigenvalue weighted by molar-refractivity contribution is 9.10. The first-order valence-corrected chi connectivity index (χ1v) is 8.34. The monoisotopic (exact) mass is 382 g/mol. The fraction of sp³-hybridized carbons (Fsp3) is 0.200. The number of rotatable bonds is 3. The van der Waals surface area contributed by atoms with Crippen molar-refractivity contribution >= 4 is 49.1 Å². The molecule has 3 rings (SSSR count). The van der Waals surface area contributed by atoms with Gasteiger partial charge in [0.05, 0.1) is 5.39 Å². The highest BCUT2D eigenvalue weighted by atomic mass is 79.9. The molecule has 3 aromatic rings. The zero-order valence-corrected chi connectivity index (χ0v) is 14.6. The van der Waals surface area contributed by atoms with Crippen molar-refractivity contribution < 1.29 is 4.74 Å². The molecule has 6 heteroatoms. The third kappa shape index (κ3) is 3.05. The van der Waals surface area contributed by atoms with E-state index in [1.54, 1.807) is 11.3 Å². The Hall–Kier alpha value is -1.17. The van der Waals surface area contributed by atoms with E-state index >= 15 is 0 Å². The highest BCUT2D eigenvalue weighted by Gasteiger charge is 2.13.